The predicted octanol–water partition coefficient (Wildman–Crippen LogP) is 3.34. The molecule has 1 amide bonds. The zero-order valence-electron chi connectivity index (χ0n) is 14.5. The maximum atomic E-state index is 11.7. The Morgan fingerprint density at radius 3 is 2.43 bits per heavy atom. The number of carbonyl (C=O) groups is 1. The summed E-state index contributed by atoms with van der Waals surface area (Å²) in [7, 11) is 1.77. The summed E-state index contributed by atoms with van der Waals surface area (Å²) in [4.78, 5) is 11.7. The summed E-state index contributed by atoms with van der Waals surface area (Å²) in [5, 5.41) is 6.27. The van der Waals surface area contributed by atoms with E-state index in [1.54, 1.807) is 7.11 Å². The average molecular weight is 320 g/mol. The Balaban J connectivity index is 1.69. The minimum atomic E-state index is -0.487. The minimum Gasteiger partial charge on any atom is -0.444 e. The van der Waals surface area contributed by atoms with Crippen LogP contribution in [0.2, 0.25) is 0 Å². The minimum absolute atomic E-state index is 0.426. The van der Waals surface area contributed by atoms with Crippen molar-refractivity contribution in [1.29, 1.82) is 0 Å². The lowest BCUT2D eigenvalue weighted by Gasteiger charge is -2.34. The normalized spacial score (nSPS) is 20.7. The molecule has 1 fully saturated rings. The molecule has 1 aromatic carbocycles. The quantitative estimate of drug-likeness (QED) is 0.844. The van der Waals surface area contributed by atoms with Gasteiger partial charge in [0.25, 0.3) is 0 Å². The highest BCUT2D eigenvalue weighted by atomic mass is 16.6. The third-order valence-corrected chi connectivity index (χ3v) is 3.87. The molecule has 0 aliphatic heterocycles. The molecule has 1 saturated carbocycles. The number of methoxy groups -OCH3 is 1. The standard InChI is InChI=1S/C18H28N2O3/c1-18(2,3)23-17(21)20-14-7-5-13(6-8-14)9-10-19-15-11-16(12-15)22-4/h5-8,15-16,19H,9-12H2,1-4H3,(H,20,21). The lowest BCUT2D eigenvalue weighted by atomic mass is 9.89. The second-order valence-corrected chi connectivity index (χ2v) is 7.05. The molecule has 1 aromatic rings. The van der Waals surface area contributed by atoms with Gasteiger partial charge in [0.1, 0.15) is 5.60 Å². The zero-order valence-corrected chi connectivity index (χ0v) is 14.5. The second-order valence-electron chi connectivity index (χ2n) is 7.05. The number of nitrogens with one attached hydrogen (secondary N) is 2. The number of hydrogen-bond donors (Lipinski definition) is 2. The van der Waals surface area contributed by atoms with Crippen molar-refractivity contribution < 1.29 is 14.3 Å². The molecule has 1 aliphatic rings. The lowest BCUT2D eigenvalue weighted by Crippen LogP contribution is -2.45. The summed E-state index contributed by atoms with van der Waals surface area (Å²) in [5.74, 6) is 0. The van der Waals surface area contributed by atoms with Crippen molar-refractivity contribution in [1.82, 2.24) is 5.32 Å². The van der Waals surface area contributed by atoms with Gasteiger partial charge in [-0.25, -0.2) is 4.79 Å². The van der Waals surface area contributed by atoms with Gasteiger partial charge < -0.3 is 14.8 Å². The molecule has 0 bridgehead atoms. The van der Waals surface area contributed by atoms with Gasteiger partial charge in [0, 0.05) is 18.8 Å². The van der Waals surface area contributed by atoms with Gasteiger partial charge in [0.15, 0.2) is 0 Å². The summed E-state index contributed by atoms with van der Waals surface area (Å²) in [6.07, 6.45) is 3.20. The van der Waals surface area contributed by atoms with E-state index in [4.69, 9.17) is 9.47 Å². The number of benzene rings is 1. The Bertz CT molecular complexity index is 502. The number of carbonyl (C=O) groups excluding carboxylic acids is 1. The van der Waals surface area contributed by atoms with Crippen molar-refractivity contribution in [3.05, 3.63) is 29.8 Å². The van der Waals surface area contributed by atoms with Crippen molar-refractivity contribution in [2.24, 2.45) is 0 Å². The summed E-state index contributed by atoms with van der Waals surface area (Å²) >= 11 is 0. The molecular weight excluding hydrogens is 292 g/mol. The first-order chi connectivity index (χ1) is 10.9. The largest absolute Gasteiger partial charge is 0.444 e. The monoisotopic (exact) mass is 320 g/mol. The number of hydrogen-bond acceptors (Lipinski definition) is 4. The van der Waals surface area contributed by atoms with Crippen LogP contribution in [0.5, 0.6) is 0 Å². The van der Waals surface area contributed by atoms with E-state index in [1.165, 1.54) is 5.56 Å². The van der Waals surface area contributed by atoms with Crippen LogP contribution in [0.25, 0.3) is 0 Å². The van der Waals surface area contributed by atoms with E-state index in [-0.39, 0.29) is 0 Å². The van der Waals surface area contributed by atoms with E-state index in [9.17, 15) is 4.79 Å². The van der Waals surface area contributed by atoms with Crippen LogP contribution >= 0.6 is 0 Å². The molecule has 0 heterocycles. The SMILES string of the molecule is COC1CC(NCCc2ccc(NC(=O)OC(C)(C)C)cc2)C1. The van der Waals surface area contributed by atoms with Crippen molar-refractivity contribution in [2.45, 2.75) is 57.8 Å². The van der Waals surface area contributed by atoms with Gasteiger partial charge in [0.2, 0.25) is 0 Å². The summed E-state index contributed by atoms with van der Waals surface area (Å²) in [6.45, 7) is 6.50. The summed E-state index contributed by atoms with van der Waals surface area (Å²) < 4.78 is 10.5. The Morgan fingerprint density at radius 1 is 1.22 bits per heavy atom. The average Bonchev–Trinajstić information content (AvgIpc) is 2.41. The van der Waals surface area contributed by atoms with Crippen LogP contribution in [0.15, 0.2) is 24.3 Å². The van der Waals surface area contributed by atoms with E-state index in [2.05, 4.69) is 10.6 Å². The third-order valence-electron chi connectivity index (χ3n) is 3.87. The van der Waals surface area contributed by atoms with Crippen molar-refractivity contribution in [3.63, 3.8) is 0 Å². The smallest absolute Gasteiger partial charge is 0.412 e. The molecule has 0 aromatic heterocycles. The van der Waals surface area contributed by atoms with Crippen molar-refractivity contribution >= 4 is 11.8 Å². The third kappa shape index (κ3) is 6.20. The molecule has 0 saturated heterocycles. The molecule has 2 rings (SSSR count). The Morgan fingerprint density at radius 2 is 1.87 bits per heavy atom. The first-order valence-electron chi connectivity index (χ1n) is 8.21. The van der Waals surface area contributed by atoms with Gasteiger partial charge in [-0.2, -0.15) is 0 Å². The zero-order chi connectivity index (χ0) is 16.9. The van der Waals surface area contributed by atoms with Gasteiger partial charge in [-0.3, -0.25) is 5.32 Å². The second kappa shape index (κ2) is 7.79. The molecule has 0 spiro atoms. The molecule has 0 atom stereocenters. The van der Waals surface area contributed by atoms with Crippen LogP contribution in [-0.4, -0.2) is 37.5 Å². The molecule has 0 unspecified atom stereocenters. The molecule has 0 radical (unpaired) electrons. The van der Waals surface area contributed by atoms with E-state index in [0.29, 0.717) is 12.1 Å². The molecular formula is C18H28N2O3. The van der Waals surface area contributed by atoms with E-state index >= 15 is 0 Å². The van der Waals surface area contributed by atoms with Gasteiger partial charge in [-0.15, -0.1) is 0 Å². The van der Waals surface area contributed by atoms with Crippen LogP contribution < -0.4 is 10.6 Å². The first kappa shape index (κ1) is 17.8. The van der Waals surface area contributed by atoms with Gasteiger partial charge >= 0.3 is 6.09 Å². The van der Waals surface area contributed by atoms with Crippen LogP contribution in [-0.2, 0) is 15.9 Å². The lowest BCUT2D eigenvalue weighted by molar-refractivity contribution is 0.0177. The molecule has 5 nitrogen and oxygen atoms in total. The van der Waals surface area contributed by atoms with E-state index < -0.39 is 11.7 Å². The maximum Gasteiger partial charge on any atom is 0.412 e. The fourth-order valence-electron chi connectivity index (χ4n) is 2.52. The summed E-state index contributed by atoms with van der Waals surface area (Å²) in [6, 6.07) is 8.47. The summed E-state index contributed by atoms with van der Waals surface area (Å²) in [5.41, 5.74) is 1.51. The van der Waals surface area contributed by atoms with Gasteiger partial charge in [-0.05, 0) is 64.3 Å². The Hall–Kier alpha value is -1.59. The van der Waals surface area contributed by atoms with Crippen molar-refractivity contribution in [2.75, 3.05) is 19.0 Å². The Kier molecular flexibility index (Phi) is 6.02. The molecule has 1 aliphatic carbocycles. The number of ether oxygens (including phenoxy) is 2. The van der Waals surface area contributed by atoms with E-state index in [0.717, 1.165) is 31.5 Å². The van der Waals surface area contributed by atoms with E-state index in [1.807, 2.05) is 45.0 Å². The number of anilines is 1. The maximum absolute atomic E-state index is 11.7. The number of amides is 1. The van der Waals surface area contributed by atoms with Crippen LogP contribution in [0.4, 0.5) is 10.5 Å². The predicted molar refractivity (Wildman–Crippen MR) is 91.8 cm³/mol. The van der Waals surface area contributed by atoms with Crippen molar-refractivity contribution in [3.8, 4) is 0 Å². The molecule has 128 valence electrons. The topological polar surface area (TPSA) is 59.6 Å². The molecule has 5 heteroatoms. The fourth-order valence-corrected chi connectivity index (χ4v) is 2.52. The van der Waals surface area contributed by atoms with Crippen LogP contribution in [0.1, 0.15) is 39.2 Å². The molecule has 2 N–H and O–H groups in total. The highest BCUT2D eigenvalue weighted by Crippen LogP contribution is 2.22. The fraction of sp³-hybridized carbons (Fsp3) is 0.611. The number of rotatable bonds is 6. The van der Waals surface area contributed by atoms with Gasteiger partial charge in [-0.1, -0.05) is 12.1 Å². The van der Waals surface area contributed by atoms with Crippen LogP contribution in [0, 0.1) is 0 Å². The Labute approximate surface area is 138 Å². The highest BCUT2D eigenvalue weighted by molar-refractivity contribution is 5.84. The van der Waals surface area contributed by atoms with Gasteiger partial charge in [0.05, 0.1) is 6.10 Å². The first-order valence-corrected chi connectivity index (χ1v) is 8.21. The highest BCUT2D eigenvalue weighted by Gasteiger charge is 2.27. The van der Waals surface area contributed by atoms with Crippen LogP contribution in [0.3, 0.4) is 0 Å². The molecule has 23 heavy (non-hydrogen) atoms.